The summed E-state index contributed by atoms with van der Waals surface area (Å²) in [6.45, 7) is 1.55. The fourth-order valence-corrected chi connectivity index (χ4v) is 2.95. The molecule has 5 nitrogen and oxygen atoms in total. The fraction of sp³-hybridized carbons (Fsp3) is 0.786. The van der Waals surface area contributed by atoms with E-state index in [1.807, 2.05) is 0 Å². The van der Waals surface area contributed by atoms with Gasteiger partial charge in [0.05, 0.1) is 0 Å². The van der Waals surface area contributed by atoms with E-state index in [9.17, 15) is 4.79 Å². The van der Waals surface area contributed by atoms with Gasteiger partial charge >= 0.3 is 0 Å². The van der Waals surface area contributed by atoms with Crippen molar-refractivity contribution >= 4 is 5.78 Å². The monoisotopic (exact) mass is 264 g/mol. The van der Waals surface area contributed by atoms with Gasteiger partial charge in [0.25, 0.3) is 0 Å². The number of aromatic nitrogens is 2. The first-order chi connectivity index (χ1) is 9.33. The van der Waals surface area contributed by atoms with Gasteiger partial charge in [-0.1, -0.05) is 11.6 Å². The second-order valence-electron chi connectivity index (χ2n) is 5.55. The topological polar surface area (TPSA) is 65.2 Å². The van der Waals surface area contributed by atoms with Crippen molar-refractivity contribution in [3.05, 3.63) is 11.7 Å². The van der Waals surface area contributed by atoms with Crippen molar-refractivity contribution in [2.45, 2.75) is 50.9 Å². The molecule has 1 aromatic rings. The van der Waals surface area contributed by atoms with E-state index in [4.69, 9.17) is 9.26 Å². The van der Waals surface area contributed by atoms with Crippen molar-refractivity contribution in [3.63, 3.8) is 0 Å². The first-order valence-corrected chi connectivity index (χ1v) is 7.26. The molecule has 0 N–H and O–H groups in total. The van der Waals surface area contributed by atoms with E-state index in [0.717, 1.165) is 51.1 Å². The predicted octanol–water partition coefficient (Wildman–Crippen LogP) is 2.27. The minimum absolute atomic E-state index is 0.0942. The Morgan fingerprint density at radius 1 is 1.16 bits per heavy atom. The molecule has 2 heterocycles. The number of carbonyl (C=O) groups excluding carboxylic acids is 1. The van der Waals surface area contributed by atoms with Crippen LogP contribution in [-0.2, 0) is 16.0 Å². The predicted molar refractivity (Wildman–Crippen MR) is 67.8 cm³/mol. The second kappa shape index (κ2) is 5.82. The van der Waals surface area contributed by atoms with Crippen LogP contribution < -0.4 is 0 Å². The quantitative estimate of drug-likeness (QED) is 0.837. The number of nitrogens with zero attached hydrogens (tertiary/aromatic N) is 2. The Balaban J connectivity index is 1.62. The molecule has 1 saturated carbocycles. The number of carbonyl (C=O) groups is 1. The Labute approximate surface area is 112 Å². The molecule has 3 rings (SSSR count). The highest BCUT2D eigenvalue weighted by Gasteiger charge is 2.26. The molecule has 19 heavy (non-hydrogen) atoms. The van der Waals surface area contributed by atoms with Crippen LogP contribution in [0, 0.1) is 5.92 Å². The lowest BCUT2D eigenvalue weighted by Crippen LogP contribution is -2.21. The summed E-state index contributed by atoms with van der Waals surface area (Å²) in [5.41, 5.74) is 0. The Morgan fingerprint density at radius 2 is 2.00 bits per heavy atom. The number of ether oxygens (including phenoxy) is 1. The molecular weight excluding hydrogens is 244 g/mol. The lowest BCUT2D eigenvalue weighted by atomic mass is 9.86. The Morgan fingerprint density at radius 3 is 2.79 bits per heavy atom. The van der Waals surface area contributed by atoms with Gasteiger partial charge in [0.1, 0.15) is 5.78 Å². The molecule has 0 bridgehead atoms. The summed E-state index contributed by atoms with van der Waals surface area (Å²) in [6.07, 6.45) is 6.39. The Bertz CT molecular complexity index is 438. The van der Waals surface area contributed by atoms with Crippen LogP contribution in [0.2, 0.25) is 0 Å². The highest BCUT2D eigenvalue weighted by molar-refractivity contribution is 5.81. The zero-order valence-corrected chi connectivity index (χ0v) is 11.1. The average molecular weight is 264 g/mol. The molecule has 0 spiro atoms. The standard InChI is InChI=1S/C14H20N2O3/c17-12-4-2-1-3-11(12)9-13-15-14(16-19-13)10-5-7-18-8-6-10/h10-11H,1-9H2. The summed E-state index contributed by atoms with van der Waals surface area (Å²) in [6, 6.07) is 0. The smallest absolute Gasteiger partial charge is 0.227 e. The van der Waals surface area contributed by atoms with Crippen LogP contribution in [-0.4, -0.2) is 29.1 Å². The van der Waals surface area contributed by atoms with E-state index < -0.39 is 0 Å². The SMILES string of the molecule is O=C1CCCCC1Cc1nc(C2CCOCC2)no1. The number of Topliss-reactive ketones (excluding diaryl/α,β-unsaturated/α-hetero) is 1. The molecule has 1 unspecified atom stereocenters. The highest BCUT2D eigenvalue weighted by atomic mass is 16.5. The summed E-state index contributed by atoms with van der Waals surface area (Å²) in [5.74, 6) is 2.23. The van der Waals surface area contributed by atoms with Gasteiger partial charge in [0.15, 0.2) is 5.82 Å². The van der Waals surface area contributed by atoms with E-state index in [1.165, 1.54) is 0 Å². The number of hydrogen-bond acceptors (Lipinski definition) is 5. The zero-order valence-electron chi connectivity index (χ0n) is 11.1. The molecular formula is C14H20N2O3. The van der Waals surface area contributed by atoms with E-state index in [0.29, 0.717) is 30.4 Å². The van der Waals surface area contributed by atoms with Gasteiger partial charge in [-0.2, -0.15) is 4.98 Å². The van der Waals surface area contributed by atoms with Crippen molar-refractivity contribution in [1.82, 2.24) is 10.1 Å². The van der Waals surface area contributed by atoms with Gasteiger partial charge in [-0.3, -0.25) is 4.79 Å². The highest BCUT2D eigenvalue weighted by Crippen LogP contribution is 2.27. The van der Waals surface area contributed by atoms with Crippen LogP contribution in [0.1, 0.15) is 56.2 Å². The Hall–Kier alpha value is -1.23. The summed E-state index contributed by atoms with van der Waals surface area (Å²) in [7, 11) is 0. The van der Waals surface area contributed by atoms with Crippen LogP contribution in [0.3, 0.4) is 0 Å². The van der Waals surface area contributed by atoms with E-state index >= 15 is 0 Å². The average Bonchev–Trinajstić information content (AvgIpc) is 2.91. The number of hydrogen-bond donors (Lipinski definition) is 0. The van der Waals surface area contributed by atoms with Crippen molar-refractivity contribution in [2.75, 3.05) is 13.2 Å². The lowest BCUT2D eigenvalue weighted by Gasteiger charge is -2.19. The molecule has 2 aliphatic rings. The summed E-state index contributed by atoms with van der Waals surface area (Å²) in [4.78, 5) is 16.3. The van der Waals surface area contributed by atoms with Gasteiger partial charge in [-0.25, -0.2) is 0 Å². The maximum absolute atomic E-state index is 11.8. The minimum atomic E-state index is 0.0942. The van der Waals surface area contributed by atoms with Crippen LogP contribution in [0.4, 0.5) is 0 Å². The van der Waals surface area contributed by atoms with Crippen LogP contribution in [0.5, 0.6) is 0 Å². The molecule has 1 atom stereocenters. The normalized spacial score (nSPS) is 25.7. The molecule has 0 radical (unpaired) electrons. The van der Waals surface area contributed by atoms with Gasteiger partial charge in [-0.05, 0) is 25.7 Å². The molecule has 0 amide bonds. The summed E-state index contributed by atoms with van der Waals surface area (Å²) >= 11 is 0. The van der Waals surface area contributed by atoms with Gasteiger partial charge in [0.2, 0.25) is 5.89 Å². The minimum Gasteiger partial charge on any atom is -0.381 e. The molecule has 0 aromatic carbocycles. The lowest BCUT2D eigenvalue weighted by molar-refractivity contribution is -0.124. The third-order valence-electron chi connectivity index (χ3n) is 4.17. The van der Waals surface area contributed by atoms with Crippen molar-refractivity contribution in [3.8, 4) is 0 Å². The third kappa shape index (κ3) is 3.03. The fourth-order valence-electron chi connectivity index (χ4n) is 2.95. The molecule has 1 aromatic heterocycles. The molecule has 1 aliphatic heterocycles. The molecule has 5 heteroatoms. The van der Waals surface area contributed by atoms with Crippen molar-refractivity contribution in [1.29, 1.82) is 0 Å². The molecule has 104 valence electrons. The third-order valence-corrected chi connectivity index (χ3v) is 4.17. The van der Waals surface area contributed by atoms with Gasteiger partial charge in [0, 0.05) is 37.9 Å². The Kier molecular flexibility index (Phi) is 3.92. The van der Waals surface area contributed by atoms with Crippen LogP contribution in [0.15, 0.2) is 4.52 Å². The van der Waals surface area contributed by atoms with Gasteiger partial charge in [-0.15, -0.1) is 0 Å². The first kappa shape index (κ1) is 12.8. The van der Waals surface area contributed by atoms with Crippen LogP contribution >= 0.6 is 0 Å². The van der Waals surface area contributed by atoms with Crippen molar-refractivity contribution in [2.24, 2.45) is 5.92 Å². The maximum Gasteiger partial charge on any atom is 0.227 e. The van der Waals surface area contributed by atoms with Gasteiger partial charge < -0.3 is 9.26 Å². The molecule has 1 saturated heterocycles. The molecule has 2 fully saturated rings. The first-order valence-electron chi connectivity index (χ1n) is 7.26. The zero-order chi connectivity index (χ0) is 13.1. The summed E-state index contributed by atoms with van der Waals surface area (Å²) < 4.78 is 10.6. The number of rotatable bonds is 3. The number of ketones is 1. The maximum atomic E-state index is 11.8. The van der Waals surface area contributed by atoms with Crippen LogP contribution in [0.25, 0.3) is 0 Å². The van der Waals surface area contributed by atoms with E-state index in [2.05, 4.69) is 10.1 Å². The molecule has 1 aliphatic carbocycles. The van der Waals surface area contributed by atoms with Crippen molar-refractivity contribution < 1.29 is 14.1 Å². The second-order valence-corrected chi connectivity index (χ2v) is 5.55. The van der Waals surface area contributed by atoms with E-state index in [-0.39, 0.29) is 5.92 Å². The summed E-state index contributed by atoms with van der Waals surface area (Å²) in [5, 5.41) is 4.08. The van der Waals surface area contributed by atoms with E-state index in [1.54, 1.807) is 0 Å². The largest absolute Gasteiger partial charge is 0.381 e.